The van der Waals surface area contributed by atoms with Crippen LogP contribution in [0.5, 0.6) is 0 Å². The predicted octanol–water partition coefficient (Wildman–Crippen LogP) is 3.30. The van der Waals surface area contributed by atoms with Crippen LogP contribution in [0.1, 0.15) is 32.3 Å². The number of nitrogens with zero attached hydrogens (tertiary/aromatic N) is 1. The van der Waals surface area contributed by atoms with Crippen LogP contribution in [0.25, 0.3) is 0 Å². The molecule has 0 saturated carbocycles. The van der Waals surface area contributed by atoms with E-state index in [-0.39, 0.29) is 12.2 Å². The van der Waals surface area contributed by atoms with Gasteiger partial charge in [0, 0.05) is 19.6 Å². The van der Waals surface area contributed by atoms with Crippen molar-refractivity contribution in [3.63, 3.8) is 0 Å². The summed E-state index contributed by atoms with van der Waals surface area (Å²) in [7, 11) is 0. The number of hydrogen-bond donors (Lipinski definition) is 1. The molecule has 0 unspecified atom stereocenters. The van der Waals surface area contributed by atoms with Gasteiger partial charge in [-0.05, 0) is 42.4 Å². The average molecular weight is 268 g/mol. The first kappa shape index (κ1) is 14.3. The highest BCUT2D eigenvalue weighted by molar-refractivity contribution is 5.51. The van der Waals surface area contributed by atoms with Gasteiger partial charge in [0.25, 0.3) is 0 Å². The zero-order valence-electron chi connectivity index (χ0n) is 11.6. The Kier molecular flexibility index (Phi) is 4.40. The molecule has 0 spiro atoms. The Hall–Kier alpha value is -1.16. The van der Waals surface area contributed by atoms with Crippen LogP contribution in [0.3, 0.4) is 0 Å². The quantitative estimate of drug-likeness (QED) is 0.911. The molecule has 0 amide bonds. The van der Waals surface area contributed by atoms with E-state index in [1.165, 1.54) is 12.1 Å². The molecule has 2 nitrogen and oxygen atoms in total. The van der Waals surface area contributed by atoms with E-state index in [1.54, 1.807) is 0 Å². The summed E-state index contributed by atoms with van der Waals surface area (Å²) in [6.07, 6.45) is 1.99. The third kappa shape index (κ3) is 3.06. The second-order valence-corrected chi connectivity index (χ2v) is 5.68. The molecule has 1 aromatic carbocycles. The predicted molar refractivity (Wildman–Crippen MR) is 74.0 cm³/mol. The number of halogens is 2. The second-order valence-electron chi connectivity index (χ2n) is 5.68. The fourth-order valence-corrected chi connectivity index (χ4v) is 2.83. The van der Waals surface area contributed by atoms with E-state index in [0.717, 1.165) is 25.9 Å². The Morgan fingerprint density at radius 3 is 2.16 bits per heavy atom. The van der Waals surface area contributed by atoms with Crippen molar-refractivity contribution in [2.75, 3.05) is 18.0 Å². The molecule has 0 atom stereocenters. The Labute approximate surface area is 113 Å². The summed E-state index contributed by atoms with van der Waals surface area (Å²) in [5.41, 5.74) is 6.03. The van der Waals surface area contributed by atoms with Crippen molar-refractivity contribution in [2.24, 2.45) is 17.6 Å². The van der Waals surface area contributed by atoms with Crippen molar-refractivity contribution < 1.29 is 8.78 Å². The molecule has 1 fully saturated rings. The lowest BCUT2D eigenvalue weighted by molar-refractivity contribution is 0.309. The molecule has 1 aliphatic rings. The summed E-state index contributed by atoms with van der Waals surface area (Å²) in [6, 6.07) is 2.68. The molecule has 19 heavy (non-hydrogen) atoms. The van der Waals surface area contributed by atoms with Gasteiger partial charge >= 0.3 is 0 Å². The van der Waals surface area contributed by atoms with Crippen molar-refractivity contribution in [3.05, 3.63) is 29.3 Å². The standard InChI is InChI=1S/C15H22F2N2/c1-10(2)12-3-5-19(6-4-12)15-13(16)7-11(9-18)8-14(15)17/h7-8,10,12H,3-6,9,18H2,1-2H3. The maximum absolute atomic E-state index is 14.0. The summed E-state index contributed by atoms with van der Waals surface area (Å²) < 4.78 is 28.0. The summed E-state index contributed by atoms with van der Waals surface area (Å²) in [5.74, 6) is 0.300. The Morgan fingerprint density at radius 1 is 1.21 bits per heavy atom. The zero-order chi connectivity index (χ0) is 14.0. The lowest BCUT2D eigenvalue weighted by Crippen LogP contribution is -2.36. The van der Waals surface area contributed by atoms with E-state index in [9.17, 15) is 8.78 Å². The van der Waals surface area contributed by atoms with Crippen LogP contribution in [0.15, 0.2) is 12.1 Å². The van der Waals surface area contributed by atoms with Gasteiger partial charge in [-0.2, -0.15) is 0 Å². The van der Waals surface area contributed by atoms with Crippen LogP contribution in [-0.2, 0) is 6.54 Å². The molecule has 1 heterocycles. The van der Waals surface area contributed by atoms with Gasteiger partial charge in [-0.25, -0.2) is 8.78 Å². The SMILES string of the molecule is CC(C)C1CCN(c2c(F)cc(CN)cc2F)CC1. The smallest absolute Gasteiger partial charge is 0.149 e. The van der Waals surface area contributed by atoms with Crippen molar-refractivity contribution in [3.8, 4) is 0 Å². The van der Waals surface area contributed by atoms with Gasteiger partial charge in [-0.1, -0.05) is 13.8 Å². The van der Waals surface area contributed by atoms with Gasteiger partial charge in [0.1, 0.15) is 17.3 Å². The summed E-state index contributed by atoms with van der Waals surface area (Å²) in [4.78, 5) is 1.82. The molecule has 0 aliphatic carbocycles. The normalized spacial score (nSPS) is 17.3. The fraction of sp³-hybridized carbons (Fsp3) is 0.600. The number of rotatable bonds is 3. The minimum atomic E-state index is -0.497. The van der Waals surface area contributed by atoms with Crippen LogP contribution in [0, 0.1) is 23.5 Å². The van der Waals surface area contributed by atoms with Crippen LogP contribution in [-0.4, -0.2) is 13.1 Å². The molecule has 0 aromatic heterocycles. The molecule has 0 bridgehead atoms. The molecule has 4 heteroatoms. The maximum atomic E-state index is 14.0. The number of piperidine rings is 1. The number of benzene rings is 1. The Balaban J connectivity index is 2.15. The van der Waals surface area contributed by atoms with Gasteiger partial charge in [0.2, 0.25) is 0 Å². The van der Waals surface area contributed by atoms with Crippen LogP contribution in [0.4, 0.5) is 14.5 Å². The Morgan fingerprint density at radius 2 is 1.74 bits per heavy atom. The first-order valence-corrected chi connectivity index (χ1v) is 6.96. The first-order valence-electron chi connectivity index (χ1n) is 6.96. The van der Waals surface area contributed by atoms with Gasteiger partial charge < -0.3 is 10.6 Å². The van der Waals surface area contributed by atoms with Crippen molar-refractivity contribution >= 4 is 5.69 Å². The largest absolute Gasteiger partial charge is 0.367 e. The maximum Gasteiger partial charge on any atom is 0.149 e. The molecular formula is C15H22F2N2. The molecule has 1 aromatic rings. The molecule has 1 saturated heterocycles. The second kappa shape index (κ2) is 5.87. The molecule has 2 N–H and O–H groups in total. The van der Waals surface area contributed by atoms with Crippen molar-refractivity contribution in [2.45, 2.75) is 33.2 Å². The van der Waals surface area contributed by atoms with Crippen LogP contribution >= 0.6 is 0 Å². The van der Waals surface area contributed by atoms with E-state index in [2.05, 4.69) is 13.8 Å². The highest BCUT2D eigenvalue weighted by Gasteiger charge is 2.25. The topological polar surface area (TPSA) is 29.3 Å². The summed E-state index contributed by atoms with van der Waals surface area (Å²) >= 11 is 0. The van der Waals surface area contributed by atoms with Crippen molar-refractivity contribution in [1.29, 1.82) is 0 Å². The third-order valence-electron chi connectivity index (χ3n) is 4.11. The zero-order valence-corrected chi connectivity index (χ0v) is 11.6. The Bertz CT molecular complexity index is 415. The van der Waals surface area contributed by atoms with Gasteiger partial charge in [0.05, 0.1) is 0 Å². The molecule has 2 rings (SSSR count). The van der Waals surface area contributed by atoms with E-state index >= 15 is 0 Å². The van der Waals surface area contributed by atoms with E-state index < -0.39 is 11.6 Å². The number of anilines is 1. The first-order chi connectivity index (χ1) is 9.02. The highest BCUT2D eigenvalue weighted by atomic mass is 19.1. The molecular weight excluding hydrogens is 246 g/mol. The minimum Gasteiger partial charge on any atom is -0.367 e. The van der Waals surface area contributed by atoms with Gasteiger partial charge in [-0.15, -0.1) is 0 Å². The van der Waals surface area contributed by atoms with E-state index in [1.807, 2.05) is 4.90 Å². The van der Waals surface area contributed by atoms with Crippen molar-refractivity contribution in [1.82, 2.24) is 0 Å². The highest BCUT2D eigenvalue weighted by Crippen LogP contribution is 2.31. The number of nitrogens with two attached hydrogens (primary N) is 1. The monoisotopic (exact) mass is 268 g/mol. The van der Waals surface area contributed by atoms with Crippen LogP contribution in [0.2, 0.25) is 0 Å². The average Bonchev–Trinajstić information content (AvgIpc) is 2.38. The fourth-order valence-electron chi connectivity index (χ4n) is 2.83. The third-order valence-corrected chi connectivity index (χ3v) is 4.11. The lowest BCUT2D eigenvalue weighted by Gasteiger charge is -2.35. The summed E-state index contributed by atoms with van der Waals surface area (Å²) in [6.45, 7) is 6.01. The summed E-state index contributed by atoms with van der Waals surface area (Å²) in [5, 5.41) is 0. The number of hydrogen-bond acceptors (Lipinski definition) is 2. The van der Waals surface area contributed by atoms with E-state index in [0.29, 0.717) is 17.4 Å². The van der Waals surface area contributed by atoms with Crippen LogP contribution < -0.4 is 10.6 Å². The lowest BCUT2D eigenvalue weighted by atomic mass is 9.86. The van der Waals surface area contributed by atoms with Gasteiger partial charge in [0.15, 0.2) is 0 Å². The minimum absolute atomic E-state index is 0.111. The molecule has 0 radical (unpaired) electrons. The van der Waals surface area contributed by atoms with E-state index in [4.69, 9.17) is 5.73 Å². The molecule has 1 aliphatic heterocycles. The van der Waals surface area contributed by atoms with Gasteiger partial charge in [-0.3, -0.25) is 0 Å². The molecule has 106 valence electrons.